The highest BCUT2D eigenvalue weighted by molar-refractivity contribution is 5.07. The van der Waals surface area contributed by atoms with E-state index in [0.29, 0.717) is 5.92 Å². The minimum Gasteiger partial charge on any atom is -0.324 e. The minimum atomic E-state index is 0.140. The van der Waals surface area contributed by atoms with Crippen LogP contribution in [-0.4, -0.2) is 6.04 Å². The van der Waals surface area contributed by atoms with Gasteiger partial charge in [0.05, 0.1) is 0 Å². The molecule has 0 aliphatic heterocycles. The van der Waals surface area contributed by atoms with Gasteiger partial charge in [-0.15, -0.1) is 6.58 Å². The summed E-state index contributed by atoms with van der Waals surface area (Å²) in [5, 5.41) is 0. The van der Waals surface area contributed by atoms with E-state index in [1.165, 1.54) is 5.57 Å². The van der Waals surface area contributed by atoms with Crippen molar-refractivity contribution in [2.45, 2.75) is 39.7 Å². The highest BCUT2D eigenvalue weighted by Crippen LogP contribution is 2.15. The molecule has 0 saturated heterocycles. The zero-order valence-electron chi connectivity index (χ0n) is 8.56. The molecule has 0 heterocycles. The van der Waals surface area contributed by atoms with Crippen molar-refractivity contribution in [3.05, 3.63) is 24.3 Å². The van der Waals surface area contributed by atoms with E-state index in [4.69, 9.17) is 5.73 Å². The summed E-state index contributed by atoms with van der Waals surface area (Å²) in [5.74, 6) is 0.491. The highest BCUT2D eigenvalue weighted by Gasteiger charge is 2.09. The van der Waals surface area contributed by atoms with E-state index in [9.17, 15) is 0 Å². The van der Waals surface area contributed by atoms with Crippen LogP contribution in [0.1, 0.15) is 33.6 Å². The van der Waals surface area contributed by atoms with Crippen LogP contribution in [0.4, 0.5) is 0 Å². The average Bonchev–Trinajstić information content (AvgIpc) is 1.98. The minimum absolute atomic E-state index is 0.140. The van der Waals surface area contributed by atoms with Crippen molar-refractivity contribution in [2.24, 2.45) is 11.7 Å². The van der Waals surface area contributed by atoms with Gasteiger partial charge in [0.1, 0.15) is 0 Å². The van der Waals surface area contributed by atoms with Gasteiger partial charge in [0, 0.05) is 6.04 Å². The molecule has 0 amide bonds. The van der Waals surface area contributed by atoms with Crippen molar-refractivity contribution in [3.8, 4) is 0 Å². The molecule has 0 spiro atoms. The summed E-state index contributed by atoms with van der Waals surface area (Å²) < 4.78 is 0. The molecule has 0 bridgehead atoms. The van der Waals surface area contributed by atoms with Gasteiger partial charge in [-0.2, -0.15) is 0 Å². The molecule has 0 saturated carbocycles. The molecule has 0 aliphatic carbocycles. The van der Waals surface area contributed by atoms with Crippen LogP contribution in [-0.2, 0) is 0 Å². The quantitative estimate of drug-likeness (QED) is 0.626. The standard InChI is InChI=1S/C11H21N/c1-8(2)6-7-11(12)10(5)9(3)4/h9,11H,1,5-7,12H2,2-4H3. The lowest BCUT2D eigenvalue weighted by atomic mass is 9.94. The molecule has 0 radical (unpaired) electrons. The van der Waals surface area contributed by atoms with Crippen LogP contribution in [0.5, 0.6) is 0 Å². The van der Waals surface area contributed by atoms with Crippen molar-refractivity contribution in [1.29, 1.82) is 0 Å². The lowest BCUT2D eigenvalue weighted by molar-refractivity contribution is 0.606. The lowest BCUT2D eigenvalue weighted by Crippen LogP contribution is -2.24. The second kappa shape index (κ2) is 5.15. The second-order valence-electron chi connectivity index (χ2n) is 3.83. The van der Waals surface area contributed by atoms with Gasteiger partial charge in [-0.05, 0) is 25.7 Å². The van der Waals surface area contributed by atoms with Gasteiger partial charge in [0.25, 0.3) is 0 Å². The molecule has 0 rings (SSSR count). The van der Waals surface area contributed by atoms with Gasteiger partial charge < -0.3 is 5.73 Å². The van der Waals surface area contributed by atoms with Crippen molar-refractivity contribution >= 4 is 0 Å². The molecule has 0 fully saturated rings. The Morgan fingerprint density at radius 2 is 1.83 bits per heavy atom. The molecule has 1 nitrogen and oxygen atoms in total. The first-order valence-electron chi connectivity index (χ1n) is 4.53. The third-order valence-corrected chi connectivity index (χ3v) is 2.10. The summed E-state index contributed by atoms with van der Waals surface area (Å²) in [4.78, 5) is 0. The Morgan fingerprint density at radius 1 is 1.33 bits per heavy atom. The third-order valence-electron chi connectivity index (χ3n) is 2.10. The molecule has 1 atom stereocenters. The molecule has 2 N–H and O–H groups in total. The maximum Gasteiger partial charge on any atom is 0.0256 e. The zero-order chi connectivity index (χ0) is 9.72. The second-order valence-corrected chi connectivity index (χ2v) is 3.83. The van der Waals surface area contributed by atoms with E-state index >= 15 is 0 Å². The summed E-state index contributed by atoms with van der Waals surface area (Å²) in [7, 11) is 0. The maximum atomic E-state index is 5.93. The van der Waals surface area contributed by atoms with E-state index in [-0.39, 0.29) is 6.04 Å². The Balaban J connectivity index is 3.79. The first-order valence-corrected chi connectivity index (χ1v) is 4.53. The number of hydrogen-bond donors (Lipinski definition) is 1. The van der Waals surface area contributed by atoms with Crippen LogP contribution in [0, 0.1) is 5.92 Å². The summed E-state index contributed by atoms with van der Waals surface area (Å²) in [6.45, 7) is 14.1. The zero-order valence-corrected chi connectivity index (χ0v) is 8.56. The molecule has 0 aliphatic rings. The van der Waals surface area contributed by atoms with Gasteiger partial charge >= 0.3 is 0 Å². The largest absolute Gasteiger partial charge is 0.324 e. The average molecular weight is 167 g/mol. The van der Waals surface area contributed by atoms with Crippen molar-refractivity contribution in [2.75, 3.05) is 0 Å². The predicted molar refractivity (Wildman–Crippen MR) is 56.0 cm³/mol. The van der Waals surface area contributed by atoms with Crippen LogP contribution < -0.4 is 5.73 Å². The van der Waals surface area contributed by atoms with Gasteiger partial charge in [0.15, 0.2) is 0 Å². The first-order chi connectivity index (χ1) is 5.45. The molecule has 0 aromatic heterocycles. The fourth-order valence-electron chi connectivity index (χ4n) is 1.02. The molecule has 1 unspecified atom stereocenters. The van der Waals surface area contributed by atoms with E-state index in [2.05, 4.69) is 27.0 Å². The van der Waals surface area contributed by atoms with E-state index < -0.39 is 0 Å². The monoisotopic (exact) mass is 167 g/mol. The van der Waals surface area contributed by atoms with Gasteiger partial charge in [0.2, 0.25) is 0 Å². The molecule has 70 valence electrons. The SMILES string of the molecule is C=C(C)CCC(N)C(=C)C(C)C. The maximum absolute atomic E-state index is 5.93. The van der Waals surface area contributed by atoms with Crippen molar-refractivity contribution in [3.63, 3.8) is 0 Å². The van der Waals surface area contributed by atoms with E-state index in [1.807, 2.05) is 6.92 Å². The first kappa shape index (κ1) is 11.4. The van der Waals surface area contributed by atoms with Crippen LogP contribution in [0.3, 0.4) is 0 Å². The molecule has 0 aromatic rings. The third kappa shape index (κ3) is 4.35. The van der Waals surface area contributed by atoms with Crippen molar-refractivity contribution < 1.29 is 0 Å². The summed E-state index contributed by atoms with van der Waals surface area (Å²) >= 11 is 0. The summed E-state index contributed by atoms with van der Waals surface area (Å²) in [5.41, 5.74) is 8.27. The Kier molecular flexibility index (Phi) is 4.91. The Hall–Kier alpha value is -0.560. The number of allylic oxidation sites excluding steroid dienone is 1. The van der Waals surface area contributed by atoms with Crippen molar-refractivity contribution in [1.82, 2.24) is 0 Å². The highest BCUT2D eigenvalue weighted by atomic mass is 14.6. The normalized spacial score (nSPS) is 13.1. The molecule has 1 heteroatoms. The van der Waals surface area contributed by atoms with Crippen LogP contribution in [0.25, 0.3) is 0 Å². The van der Waals surface area contributed by atoms with Crippen LogP contribution in [0.15, 0.2) is 24.3 Å². The van der Waals surface area contributed by atoms with Gasteiger partial charge in [-0.25, -0.2) is 0 Å². The van der Waals surface area contributed by atoms with Crippen LogP contribution in [0.2, 0.25) is 0 Å². The number of hydrogen-bond acceptors (Lipinski definition) is 1. The predicted octanol–water partition coefficient (Wildman–Crippen LogP) is 2.88. The molecule has 0 aromatic carbocycles. The van der Waals surface area contributed by atoms with E-state index in [1.54, 1.807) is 0 Å². The fourth-order valence-corrected chi connectivity index (χ4v) is 1.02. The van der Waals surface area contributed by atoms with E-state index in [0.717, 1.165) is 18.4 Å². The number of nitrogens with two attached hydrogens (primary N) is 1. The summed E-state index contributed by atoms with van der Waals surface area (Å²) in [6.07, 6.45) is 1.99. The van der Waals surface area contributed by atoms with Gasteiger partial charge in [-0.1, -0.05) is 31.6 Å². The molecular formula is C11H21N. The van der Waals surface area contributed by atoms with Gasteiger partial charge in [-0.3, -0.25) is 0 Å². The Bertz CT molecular complexity index is 168. The Morgan fingerprint density at radius 3 is 2.17 bits per heavy atom. The smallest absolute Gasteiger partial charge is 0.0256 e. The Labute approximate surface area is 76.3 Å². The topological polar surface area (TPSA) is 26.0 Å². The molecule has 12 heavy (non-hydrogen) atoms. The molecular weight excluding hydrogens is 146 g/mol. The lowest BCUT2D eigenvalue weighted by Gasteiger charge is -2.17. The van der Waals surface area contributed by atoms with Crippen LogP contribution >= 0.6 is 0 Å². The fraction of sp³-hybridized carbons (Fsp3) is 0.636. The summed E-state index contributed by atoms with van der Waals surface area (Å²) in [6, 6.07) is 0.140. The number of rotatable bonds is 5.